The molecule has 4 atom stereocenters. The summed E-state index contributed by atoms with van der Waals surface area (Å²) in [7, 11) is -4.05. The summed E-state index contributed by atoms with van der Waals surface area (Å²) in [5.74, 6) is 1.11. The lowest BCUT2D eigenvalue weighted by atomic mass is 9.69. The highest BCUT2D eigenvalue weighted by Crippen LogP contribution is 2.46. The number of anilines is 1. The lowest BCUT2D eigenvalue weighted by Gasteiger charge is -2.44. The van der Waals surface area contributed by atoms with Crippen LogP contribution in [0.1, 0.15) is 66.4 Å². The van der Waals surface area contributed by atoms with E-state index in [0.717, 1.165) is 55.9 Å². The van der Waals surface area contributed by atoms with Crippen molar-refractivity contribution in [2.45, 2.75) is 62.0 Å². The first-order chi connectivity index (χ1) is 19.3. The molecule has 6 rings (SSSR count). The molecule has 214 valence electrons. The Labute approximate surface area is 241 Å². The van der Waals surface area contributed by atoms with E-state index in [0.29, 0.717) is 30.6 Å². The zero-order chi connectivity index (χ0) is 27.9. The SMILES string of the molecule is O=C1NS(=O)(=O)[C@@H](CO)CC/C=C\C[C@@H]2CC[C@H]2CN2C[C@@]3(CCCc4cc(Cl)ccc43)COc3ccc1cc32. The van der Waals surface area contributed by atoms with Crippen LogP contribution >= 0.6 is 11.6 Å². The predicted molar refractivity (Wildman–Crippen MR) is 157 cm³/mol. The van der Waals surface area contributed by atoms with Gasteiger partial charge in [-0.1, -0.05) is 29.8 Å². The average molecular weight is 585 g/mol. The Hall–Kier alpha value is -2.55. The number of ether oxygens (including phenoxy) is 1. The largest absolute Gasteiger partial charge is 0.490 e. The Morgan fingerprint density at radius 3 is 2.75 bits per heavy atom. The Bertz CT molecular complexity index is 1430. The molecule has 2 N–H and O–H groups in total. The maximum atomic E-state index is 13.2. The second-order valence-corrected chi connectivity index (χ2v) is 14.3. The number of fused-ring (bicyclic) bond motifs is 4. The minimum atomic E-state index is -4.05. The van der Waals surface area contributed by atoms with Crippen LogP contribution in [-0.4, -0.2) is 51.0 Å². The van der Waals surface area contributed by atoms with Gasteiger partial charge in [-0.25, -0.2) is 13.1 Å². The fourth-order valence-corrected chi connectivity index (χ4v) is 8.39. The number of nitrogens with one attached hydrogen (secondary N) is 1. The molecule has 1 fully saturated rings. The van der Waals surface area contributed by atoms with Gasteiger partial charge in [-0.15, -0.1) is 0 Å². The van der Waals surface area contributed by atoms with E-state index in [1.165, 1.54) is 17.5 Å². The van der Waals surface area contributed by atoms with Crippen LogP contribution in [0.5, 0.6) is 5.75 Å². The fourth-order valence-electron chi connectivity index (χ4n) is 7.01. The number of rotatable bonds is 1. The van der Waals surface area contributed by atoms with Gasteiger partial charge in [0.25, 0.3) is 5.91 Å². The highest BCUT2D eigenvalue weighted by molar-refractivity contribution is 7.90. The molecule has 9 heteroatoms. The van der Waals surface area contributed by atoms with Gasteiger partial charge in [-0.2, -0.15) is 0 Å². The Morgan fingerprint density at radius 1 is 1.10 bits per heavy atom. The lowest BCUT2D eigenvalue weighted by molar-refractivity contribution is 0.0980. The van der Waals surface area contributed by atoms with Crippen molar-refractivity contribution in [2.75, 3.05) is 31.2 Å². The number of aliphatic hydroxyl groups excluding tert-OH is 1. The molecule has 1 spiro atoms. The number of hydrogen-bond donors (Lipinski definition) is 2. The molecule has 2 aliphatic carbocycles. The predicted octanol–water partition coefficient (Wildman–Crippen LogP) is 5.00. The number of allylic oxidation sites excluding steroid dienone is 2. The van der Waals surface area contributed by atoms with Crippen molar-refractivity contribution in [1.29, 1.82) is 0 Å². The summed E-state index contributed by atoms with van der Waals surface area (Å²) in [6.07, 6.45) is 11.3. The van der Waals surface area contributed by atoms with Gasteiger partial charge < -0.3 is 14.7 Å². The molecule has 1 amide bonds. The smallest absolute Gasteiger partial charge is 0.264 e. The summed E-state index contributed by atoms with van der Waals surface area (Å²) >= 11 is 6.37. The van der Waals surface area contributed by atoms with Crippen molar-refractivity contribution in [2.24, 2.45) is 11.8 Å². The van der Waals surface area contributed by atoms with Gasteiger partial charge in [0.15, 0.2) is 0 Å². The number of hydrogen-bond acceptors (Lipinski definition) is 6. The van der Waals surface area contributed by atoms with Crippen molar-refractivity contribution in [3.05, 3.63) is 70.3 Å². The molecule has 7 nitrogen and oxygen atoms in total. The second-order valence-electron chi connectivity index (χ2n) is 11.9. The standard InChI is InChI=1S/C31H37ClN2O5S/c32-25-11-12-27-22(15-25)6-4-14-31(27)19-34-17-24-9-8-21(24)5-2-1-3-7-26(18-35)40(37,38)33-30(36)23-10-13-29(39-20-31)28(34)16-23/h1-2,10-13,15-16,21,24,26,35H,3-9,14,17-20H2,(H,33,36)/b2-1-/t21-,24+,26-,31+/m1/s1. The number of nitrogens with zero attached hydrogens (tertiary/aromatic N) is 1. The van der Waals surface area contributed by atoms with Crippen LogP contribution in [0, 0.1) is 11.8 Å². The van der Waals surface area contributed by atoms with Gasteiger partial charge in [0.2, 0.25) is 10.0 Å². The molecule has 0 aromatic heterocycles. The van der Waals surface area contributed by atoms with E-state index in [4.69, 9.17) is 16.3 Å². The molecule has 2 aromatic rings. The van der Waals surface area contributed by atoms with Crippen LogP contribution in [0.4, 0.5) is 5.69 Å². The number of benzene rings is 2. The number of amides is 1. The molecule has 2 aliphatic heterocycles. The number of sulfonamides is 1. The fraction of sp³-hybridized carbons (Fsp3) is 0.516. The quantitative estimate of drug-likeness (QED) is 0.458. The third kappa shape index (κ3) is 5.26. The minimum Gasteiger partial charge on any atom is -0.490 e. The van der Waals surface area contributed by atoms with Crippen LogP contribution in [-0.2, 0) is 21.9 Å². The maximum absolute atomic E-state index is 13.2. The topological polar surface area (TPSA) is 95.9 Å². The second kappa shape index (κ2) is 11.0. The summed E-state index contributed by atoms with van der Waals surface area (Å²) in [4.78, 5) is 15.6. The van der Waals surface area contributed by atoms with E-state index in [2.05, 4.69) is 27.8 Å². The molecule has 4 aliphatic rings. The third-order valence-electron chi connectivity index (χ3n) is 9.47. The van der Waals surface area contributed by atoms with E-state index in [1.807, 2.05) is 12.1 Å². The van der Waals surface area contributed by atoms with Crippen LogP contribution in [0.2, 0.25) is 5.02 Å². The Balaban J connectivity index is 1.40. The molecule has 2 bridgehead atoms. The Morgan fingerprint density at radius 2 is 1.95 bits per heavy atom. The van der Waals surface area contributed by atoms with E-state index >= 15 is 0 Å². The number of aliphatic hydroxyl groups is 1. The van der Waals surface area contributed by atoms with Gasteiger partial charge in [-0.05, 0) is 105 Å². The average Bonchev–Trinajstić information content (AvgIpc) is 3.06. The molecule has 1 saturated carbocycles. The van der Waals surface area contributed by atoms with Crippen molar-refractivity contribution in [3.8, 4) is 5.75 Å². The molecule has 40 heavy (non-hydrogen) atoms. The number of aryl methyl sites for hydroxylation is 1. The highest BCUT2D eigenvalue weighted by atomic mass is 35.5. The van der Waals surface area contributed by atoms with Gasteiger partial charge in [0.05, 0.1) is 18.9 Å². The molecule has 2 aromatic carbocycles. The van der Waals surface area contributed by atoms with E-state index in [1.54, 1.807) is 18.2 Å². The zero-order valence-corrected chi connectivity index (χ0v) is 24.2. The molecule has 0 radical (unpaired) electrons. The summed E-state index contributed by atoms with van der Waals surface area (Å²) < 4.78 is 34.7. The van der Waals surface area contributed by atoms with Crippen molar-refractivity contribution in [1.82, 2.24) is 4.72 Å². The van der Waals surface area contributed by atoms with Gasteiger partial charge in [0.1, 0.15) is 11.0 Å². The van der Waals surface area contributed by atoms with E-state index in [-0.39, 0.29) is 17.4 Å². The maximum Gasteiger partial charge on any atom is 0.264 e. The molecular weight excluding hydrogens is 548 g/mol. The Kier molecular flexibility index (Phi) is 7.61. The van der Waals surface area contributed by atoms with Crippen molar-refractivity contribution in [3.63, 3.8) is 0 Å². The third-order valence-corrected chi connectivity index (χ3v) is 11.4. The normalized spacial score (nSPS) is 30.6. The molecular formula is C31H37ClN2O5S. The molecule has 2 heterocycles. The summed E-state index contributed by atoms with van der Waals surface area (Å²) in [5.41, 5.74) is 3.44. The molecule has 0 saturated heterocycles. The first-order valence-electron chi connectivity index (χ1n) is 14.4. The van der Waals surface area contributed by atoms with Crippen LogP contribution in [0.25, 0.3) is 0 Å². The zero-order valence-electron chi connectivity index (χ0n) is 22.6. The molecule has 0 unspecified atom stereocenters. The first-order valence-corrected chi connectivity index (χ1v) is 16.3. The highest BCUT2D eigenvalue weighted by Gasteiger charge is 2.43. The number of carbonyl (C=O) groups is 1. The van der Waals surface area contributed by atoms with Crippen molar-refractivity contribution < 1.29 is 23.1 Å². The summed E-state index contributed by atoms with van der Waals surface area (Å²) in [6, 6.07) is 11.4. The number of halogens is 1. The van der Waals surface area contributed by atoms with Crippen LogP contribution in [0.3, 0.4) is 0 Å². The first kappa shape index (κ1) is 27.6. The number of carbonyl (C=O) groups excluding carboxylic acids is 1. The van der Waals surface area contributed by atoms with E-state index < -0.39 is 27.8 Å². The lowest BCUT2D eigenvalue weighted by Crippen LogP contribution is -2.48. The van der Waals surface area contributed by atoms with Crippen LogP contribution < -0.4 is 14.4 Å². The van der Waals surface area contributed by atoms with Gasteiger partial charge in [-0.3, -0.25) is 4.79 Å². The summed E-state index contributed by atoms with van der Waals surface area (Å²) in [6.45, 7) is 1.60. The van der Waals surface area contributed by atoms with Gasteiger partial charge >= 0.3 is 0 Å². The van der Waals surface area contributed by atoms with Gasteiger partial charge in [0, 0.05) is 29.1 Å². The van der Waals surface area contributed by atoms with Crippen LogP contribution in [0.15, 0.2) is 48.6 Å². The van der Waals surface area contributed by atoms with E-state index in [9.17, 15) is 18.3 Å². The minimum absolute atomic E-state index is 0.211. The monoisotopic (exact) mass is 584 g/mol. The van der Waals surface area contributed by atoms with Crippen molar-refractivity contribution >= 4 is 33.2 Å². The summed E-state index contributed by atoms with van der Waals surface area (Å²) in [5, 5.41) is 9.49.